The molecule has 0 radical (unpaired) electrons. The summed E-state index contributed by atoms with van der Waals surface area (Å²) in [6.45, 7) is 8.30. The van der Waals surface area contributed by atoms with Crippen molar-refractivity contribution < 1.29 is 13.2 Å². The third-order valence-corrected chi connectivity index (χ3v) is 5.80. The van der Waals surface area contributed by atoms with E-state index in [2.05, 4.69) is 12.2 Å². The molecule has 0 saturated carbocycles. The minimum absolute atomic E-state index is 0.0793. The molecule has 5 nitrogen and oxygen atoms in total. The van der Waals surface area contributed by atoms with Crippen molar-refractivity contribution in [3.63, 3.8) is 0 Å². The van der Waals surface area contributed by atoms with Gasteiger partial charge in [0.25, 0.3) is 0 Å². The average Bonchev–Trinajstić information content (AvgIpc) is 2.52. The number of rotatable bonds is 9. The first-order valence-corrected chi connectivity index (χ1v) is 9.96. The van der Waals surface area contributed by atoms with Gasteiger partial charge in [-0.3, -0.25) is 9.69 Å². The zero-order chi connectivity index (χ0) is 17.5. The number of likely N-dealkylation sites (N-methyl/N-ethyl adjacent to an activating group) is 1. The Labute approximate surface area is 140 Å². The summed E-state index contributed by atoms with van der Waals surface area (Å²) in [5.41, 5.74) is 1.94. The first-order valence-electron chi connectivity index (χ1n) is 8.14. The van der Waals surface area contributed by atoms with E-state index in [4.69, 9.17) is 0 Å². The first-order chi connectivity index (χ1) is 10.8. The molecule has 130 valence electrons. The Morgan fingerprint density at radius 2 is 1.96 bits per heavy atom. The first kappa shape index (κ1) is 19.6. The van der Waals surface area contributed by atoms with E-state index in [9.17, 15) is 13.2 Å². The van der Waals surface area contributed by atoms with Crippen molar-refractivity contribution >= 4 is 21.4 Å². The molecule has 1 N–H and O–H groups in total. The predicted molar refractivity (Wildman–Crippen MR) is 95.5 cm³/mol. The molecule has 1 aromatic carbocycles. The van der Waals surface area contributed by atoms with E-state index < -0.39 is 9.84 Å². The number of nitrogens with one attached hydrogen (secondary N) is 1. The van der Waals surface area contributed by atoms with Crippen molar-refractivity contribution in [3.8, 4) is 0 Å². The van der Waals surface area contributed by atoms with Crippen molar-refractivity contribution in [2.24, 2.45) is 0 Å². The largest absolute Gasteiger partial charge is 0.325 e. The van der Waals surface area contributed by atoms with Crippen LogP contribution in [0.15, 0.2) is 24.3 Å². The average molecular weight is 340 g/mol. The van der Waals surface area contributed by atoms with Gasteiger partial charge in [0.15, 0.2) is 9.84 Å². The summed E-state index contributed by atoms with van der Waals surface area (Å²) in [5.74, 6) is 0.0850. The Kier molecular flexibility index (Phi) is 7.72. The van der Waals surface area contributed by atoms with Gasteiger partial charge in [-0.1, -0.05) is 32.9 Å². The van der Waals surface area contributed by atoms with E-state index in [0.29, 0.717) is 6.54 Å². The molecule has 0 saturated heterocycles. The minimum Gasteiger partial charge on any atom is -0.325 e. The maximum absolute atomic E-state index is 12.2. The van der Waals surface area contributed by atoms with Crippen molar-refractivity contribution in [2.75, 3.05) is 29.9 Å². The number of amides is 1. The third-order valence-electron chi connectivity index (χ3n) is 3.93. The van der Waals surface area contributed by atoms with Crippen LogP contribution in [-0.2, 0) is 21.1 Å². The number of anilines is 1. The van der Waals surface area contributed by atoms with Gasteiger partial charge < -0.3 is 5.32 Å². The number of hydrogen-bond donors (Lipinski definition) is 1. The van der Waals surface area contributed by atoms with Crippen LogP contribution in [0.25, 0.3) is 0 Å². The second-order valence-corrected chi connectivity index (χ2v) is 8.11. The number of hydrogen-bond acceptors (Lipinski definition) is 4. The van der Waals surface area contributed by atoms with Crippen LogP contribution in [-0.4, -0.2) is 49.9 Å². The summed E-state index contributed by atoms with van der Waals surface area (Å²) in [6, 6.07) is 7.57. The fourth-order valence-corrected chi connectivity index (χ4v) is 3.61. The van der Waals surface area contributed by atoms with Crippen LogP contribution in [0.1, 0.15) is 33.3 Å². The Balaban J connectivity index is 2.65. The smallest absolute Gasteiger partial charge is 0.238 e. The van der Waals surface area contributed by atoms with Crippen molar-refractivity contribution in [2.45, 2.75) is 40.2 Å². The summed E-state index contributed by atoms with van der Waals surface area (Å²) < 4.78 is 23.5. The monoisotopic (exact) mass is 340 g/mol. The van der Waals surface area contributed by atoms with Crippen LogP contribution in [0.4, 0.5) is 5.69 Å². The second-order valence-electron chi connectivity index (χ2n) is 5.71. The van der Waals surface area contributed by atoms with Gasteiger partial charge in [0.1, 0.15) is 0 Å². The molecule has 0 aromatic heterocycles. The molecule has 0 aliphatic heterocycles. The molecule has 0 unspecified atom stereocenters. The molecule has 0 aliphatic carbocycles. The molecule has 0 aliphatic rings. The van der Waals surface area contributed by atoms with Crippen LogP contribution < -0.4 is 5.32 Å². The van der Waals surface area contributed by atoms with Crippen LogP contribution in [0.3, 0.4) is 0 Å². The molecule has 1 rings (SSSR count). The summed E-state index contributed by atoms with van der Waals surface area (Å²) in [6.07, 6.45) is 0.913. The quantitative estimate of drug-likeness (QED) is 0.749. The number of carbonyl (C=O) groups excluding carboxylic acids is 1. The van der Waals surface area contributed by atoms with Crippen LogP contribution >= 0.6 is 0 Å². The lowest BCUT2D eigenvalue weighted by Gasteiger charge is -2.26. The van der Waals surface area contributed by atoms with Gasteiger partial charge in [0, 0.05) is 17.5 Å². The van der Waals surface area contributed by atoms with Crippen LogP contribution in [0, 0.1) is 0 Å². The number of sulfone groups is 1. The van der Waals surface area contributed by atoms with E-state index in [1.165, 1.54) is 0 Å². The lowest BCUT2D eigenvalue weighted by atomic mass is 10.1. The zero-order valence-electron chi connectivity index (χ0n) is 14.5. The van der Waals surface area contributed by atoms with Gasteiger partial charge in [0.05, 0.1) is 12.3 Å². The lowest BCUT2D eigenvalue weighted by Crippen LogP contribution is -2.42. The highest BCUT2D eigenvalue weighted by Gasteiger charge is 2.21. The topological polar surface area (TPSA) is 66.5 Å². The molecule has 1 aromatic rings. The predicted octanol–water partition coefficient (Wildman–Crippen LogP) is 2.33. The van der Waals surface area contributed by atoms with Gasteiger partial charge in [-0.05, 0) is 37.6 Å². The summed E-state index contributed by atoms with van der Waals surface area (Å²) >= 11 is 0. The fourth-order valence-electron chi connectivity index (χ4n) is 2.42. The molecule has 0 bridgehead atoms. The van der Waals surface area contributed by atoms with Crippen molar-refractivity contribution in [1.29, 1.82) is 0 Å². The normalized spacial score (nSPS) is 13.1. The molecular weight excluding hydrogens is 312 g/mol. The van der Waals surface area contributed by atoms with Gasteiger partial charge >= 0.3 is 0 Å². The molecule has 1 amide bonds. The number of carbonyl (C=O) groups is 1. The highest BCUT2D eigenvalue weighted by atomic mass is 32.2. The van der Waals surface area contributed by atoms with Gasteiger partial charge in [0.2, 0.25) is 5.91 Å². The molecule has 0 fully saturated rings. The van der Waals surface area contributed by atoms with Crippen LogP contribution in [0.5, 0.6) is 0 Å². The van der Waals surface area contributed by atoms with Gasteiger partial charge in [-0.25, -0.2) is 8.42 Å². The minimum atomic E-state index is -3.05. The molecule has 6 heteroatoms. The molecule has 23 heavy (non-hydrogen) atoms. The van der Waals surface area contributed by atoms with Gasteiger partial charge in [-0.15, -0.1) is 0 Å². The molecule has 0 heterocycles. The molecular formula is C17H28N2O3S. The second kappa shape index (κ2) is 9.03. The summed E-state index contributed by atoms with van der Waals surface area (Å²) in [7, 11) is -3.05. The Hall–Kier alpha value is -1.40. The standard InChI is InChI=1S/C17H28N2O3S/c1-5-15-9-8-10-16(11-15)18-17(20)12-19(6-2)14(4)13-23(21,22)7-3/h8-11,14H,5-7,12-13H2,1-4H3,(H,18,20)/t14-/m0/s1. The SMILES string of the molecule is CCc1cccc(NC(=O)CN(CC)[C@@H](C)CS(=O)(=O)CC)c1. The highest BCUT2D eigenvalue weighted by Crippen LogP contribution is 2.11. The van der Waals surface area contributed by atoms with E-state index in [1.807, 2.05) is 43.0 Å². The zero-order valence-corrected chi connectivity index (χ0v) is 15.3. The molecule has 1 atom stereocenters. The Bertz CT molecular complexity index is 614. The number of benzene rings is 1. The van der Waals surface area contributed by atoms with Crippen molar-refractivity contribution in [3.05, 3.63) is 29.8 Å². The van der Waals surface area contributed by atoms with E-state index >= 15 is 0 Å². The fraction of sp³-hybridized carbons (Fsp3) is 0.588. The van der Waals surface area contributed by atoms with E-state index in [0.717, 1.165) is 17.7 Å². The van der Waals surface area contributed by atoms with Crippen molar-refractivity contribution in [1.82, 2.24) is 4.90 Å². The van der Waals surface area contributed by atoms with E-state index in [1.54, 1.807) is 6.92 Å². The third kappa shape index (κ3) is 6.71. The Morgan fingerprint density at radius 3 is 2.52 bits per heavy atom. The Morgan fingerprint density at radius 1 is 1.26 bits per heavy atom. The van der Waals surface area contributed by atoms with Crippen LogP contribution in [0.2, 0.25) is 0 Å². The highest BCUT2D eigenvalue weighted by molar-refractivity contribution is 7.91. The maximum atomic E-state index is 12.2. The molecule has 0 spiro atoms. The van der Waals surface area contributed by atoms with Gasteiger partial charge in [-0.2, -0.15) is 0 Å². The number of aryl methyl sites for hydroxylation is 1. The lowest BCUT2D eigenvalue weighted by molar-refractivity contribution is -0.117. The summed E-state index contributed by atoms with van der Waals surface area (Å²) in [5, 5.41) is 2.88. The maximum Gasteiger partial charge on any atom is 0.238 e. The number of nitrogens with zero attached hydrogens (tertiary/aromatic N) is 1. The van der Waals surface area contributed by atoms with E-state index in [-0.39, 0.29) is 30.0 Å². The summed E-state index contributed by atoms with van der Waals surface area (Å²) in [4.78, 5) is 14.1.